The molecule has 5 heteroatoms. The minimum absolute atomic E-state index is 0.0837. The molecule has 0 atom stereocenters. The van der Waals surface area contributed by atoms with Gasteiger partial charge >= 0.3 is 0 Å². The van der Waals surface area contributed by atoms with Crippen LogP contribution in [0.15, 0.2) is 53.3 Å². The first-order valence-corrected chi connectivity index (χ1v) is 8.89. The third-order valence-corrected chi connectivity index (χ3v) is 4.33. The van der Waals surface area contributed by atoms with Crippen molar-refractivity contribution in [2.45, 2.75) is 33.1 Å². The molecule has 1 aromatic heterocycles. The number of aryl methyl sites for hydroxylation is 1. The Labute approximate surface area is 158 Å². The fourth-order valence-corrected chi connectivity index (χ4v) is 2.94. The molecule has 0 fully saturated rings. The van der Waals surface area contributed by atoms with Gasteiger partial charge in [0.2, 0.25) is 5.56 Å². The molecule has 0 saturated carbocycles. The number of fused-ring (bicyclic) bond motifs is 1. The van der Waals surface area contributed by atoms with Crippen molar-refractivity contribution in [1.82, 2.24) is 4.98 Å². The van der Waals surface area contributed by atoms with Crippen LogP contribution in [0, 0.1) is 6.92 Å². The van der Waals surface area contributed by atoms with Crippen LogP contribution in [0.2, 0.25) is 0 Å². The van der Waals surface area contributed by atoms with Gasteiger partial charge < -0.3 is 15.0 Å². The maximum atomic E-state index is 12.2. The minimum Gasteiger partial charge on any atom is -0.484 e. The molecule has 1 amide bonds. The van der Waals surface area contributed by atoms with Gasteiger partial charge in [0, 0.05) is 17.1 Å². The molecule has 0 aliphatic rings. The molecule has 0 saturated heterocycles. The topological polar surface area (TPSA) is 71.2 Å². The molecule has 2 aromatic carbocycles. The highest BCUT2D eigenvalue weighted by atomic mass is 16.5. The van der Waals surface area contributed by atoms with Crippen LogP contribution in [0.25, 0.3) is 10.9 Å². The van der Waals surface area contributed by atoms with Crippen LogP contribution in [-0.4, -0.2) is 17.5 Å². The molecule has 3 rings (SSSR count). The molecule has 3 aromatic rings. The molecule has 0 radical (unpaired) electrons. The fraction of sp³-hybridized carbons (Fsp3) is 0.273. The third kappa shape index (κ3) is 4.56. The highest BCUT2D eigenvalue weighted by Crippen LogP contribution is 2.29. The average Bonchev–Trinajstić information content (AvgIpc) is 2.59. The van der Waals surface area contributed by atoms with Gasteiger partial charge in [0.1, 0.15) is 5.75 Å². The number of nitrogens with one attached hydrogen (secondary N) is 2. The molecule has 0 aliphatic heterocycles. The molecule has 0 aliphatic carbocycles. The van der Waals surface area contributed by atoms with Crippen LogP contribution in [-0.2, 0) is 10.2 Å². The number of rotatable bonds is 4. The van der Waals surface area contributed by atoms with E-state index in [0.717, 1.165) is 16.5 Å². The zero-order chi connectivity index (χ0) is 19.6. The lowest BCUT2D eigenvalue weighted by molar-refractivity contribution is -0.118. The Morgan fingerprint density at radius 2 is 1.78 bits per heavy atom. The number of aromatic amines is 1. The number of benzene rings is 2. The Morgan fingerprint density at radius 3 is 2.44 bits per heavy atom. The number of hydrogen-bond donors (Lipinski definition) is 2. The van der Waals surface area contributed by atoms with E-state index < -0.39 is 0 Å². The van der Waals surface area contributed by atoms with E-state index in [4.69, 9.17) is 4.74 Å². The molecule has 140 valence electrons. The molecule has 0 bridgehead atoms. The summed E-state index contributed by atoms with van der Waals surface area (Å²) < 4.78 is 5.50. The Bertz CT molecular complexity index is 1030. The summed E-state index contributed by atoms with van der Waals surface area (Å²) in [5.41, 5.74) is 3.11. The SMILES string of the molecule is Cc1ccc(OCC(=O)Nc2ccc3c(C(C)(C)C)cc(=O)[nH]c3c2)cc1. The molecular formula is C22H24N2O3. The van der Waals surface area contributed by atoms with Crippen molar-refractivity contribution in [3.63, 3.8) is 0 Å². The maximum Gasteiger partial charge on any atom is 0.262 e. The lowest BCUT2D eigenvalue weighted by Crippen LogP contribution is -2.20. The molecular weight excluding hydrogens is 340 g/mol. The van der Waals surface area contributed by atoms with Gasteiger partial charge in [-0.2, -0.15) is 0 Å². The van der Waals surface area contributed by atoms with Crippen LogP contribution in [0.1, 0.15) is 31.9 Å². The standard InChI is InChI=1S/C22H24N2O3/c1-14-5-8-16(9-6-14)27-13-21(26)23-15-7-10-17-18(22(2,3)4)12-20(25)24-19(17)11-15/h5-12H,13H2,1-4H3,(H,23,26)(H,24,25). The highest BCUT2D eigenvalue weighted by Gasteiger charge is 2.18. The summed E-state index contributed by atoms with van der Waals surface area (Å²) in [6.07, 6.45) is 0. The van der Waals surface area contributed by atoms with E-state index >= 15 is 0 Å². The highest BCUT2D eigenvalue weighted by molar-refractivity contribution is 5.95. The zero-order valence-electron chi connectivity index (χ0n) is 16.1. The van der Waals surface area contributed by atoms with Gasteiger partial charge in [-0.15, -0.1) is 0 Å². The summed E-state index contributed by atoms with van der Waals surface area (Å²) in [4.78, 5) is 27.0. The molecule has 0 spiro atoms. The van der Waals surface area contributed by atoms with Gasteiger partial charge in [-0.05, 0) is 42.2 Å². The van der Waals surface area contributed by atoms with E-state index in [1.807, 2.05) is 43.3 Å². The second-order valence-electron chi connectivity index (χ2n) is 7.71. The summed E-state index contributed by atoms with van der Waals surface area (Å²) in [5.74, 6) is 0.387. The monoisotopic (exact) mass is 364 g/mol. The van der Waals surface area contributed by atoms with E-state index in [2.05, 4.69) is 31.1 Å². The summed E-state index contributed by atoms with van der Waals surface area (Å²) in [7, 11) is 0. The first-order valence-electron chi connectivity index (χ1n) is 8.89. The quantitative estimate of drug-likeness (QED) is 0.730. The first-order chi connectivity index (χ1) is 12.7. The van der Waals surface area contributed by atoms with Crippen LogP contribution in [0.3, 0.4) is 0 Å². The lowest BCUT2D eigenvalue weighted by Gasteiger charge is -2.21. The second kappa shape index (κ2) is 7.27. The molecule has 5 nitrogen and oxygen atoms in total. The Kier molecular flexibility index (Phi) is 5.04. The number of carbonyl (C=O) groups is 1. The number of amides is 1. The van der Waals surface area contributed by atoms with Gasteiger partial charge in [0.15, 0.2) is 6.61 Å². The summed E-state index contributed by atoms with van der Waals surface area (Å²) in [5, 5.41) is 3.78. The second-order valence-corrected chi connectivity index (χ2v) is 7.71. The van der Waals surface area contributed by atoms with Gasteiger partial charge in [-0.25, -0.2) is 0 Å². The predicted molar refractivity (Wildman–Crippen MR) is 109 cm³/mol. The van der Waals surface area contributed by atoms with E-state index in [0.29, 0.717) is 17.0 Å². The van der Waals surface area contributed by atoms with Gasteiger partial charge in [0.25, 0.3) is 5.91 Å². The van der Waals surface area contributed by atoms with Gasteiger partial charge in [-0.1, -0.05) is 44.5 Å². The fourth-order valence-electron chi connectivity index (χ4n) is 2.94. The van der Waals surface area contributed by atoms with Gasteiger partial charge in [-0.3, -0.25) is 9.59 Å². The van der Waals surface area contributed by atoms with Crippen LogP contribution in [0.5, 0.6) is 5.75 Å². The number of ether oxygens (including phenoxy) is 1. The number of anilines is 1. The Hall–Kier alpha value is -3.08. The van der Waals surface area contributed by atoms with Crippen molar-refractivity contribution >= 4 is 22.5 Å². The smallest absolute Gasteiger partial charge is 0.262 e. The summed E-state index contributed by atoms with van der Waals surface area (Å²) >= 11 is 0. The van der Waals surface area contributed by atoms with Crippen LogP contribution >= 0.6 is 0 Å². The van der Waals surface area contributed by atoms with Crippen molar-refractivity contribution in [2.75, 3.05) is 11.9 Å². The zero-order valence-corrected chi connectivity index (χ0v) is 16.1. The minimum atomic E-state index is -0.260. The van der Waals surface area contributed by atoms with Crippen molar-refractivity contribution < 1.29 is 9.53 Å². The normalized spacial score (nSPS) is 11.4. The van der Waals surface area contributed by atoms with Crippen molar-refractivity contribution in [1.29, 1.82) is 0 Å². The third-order valence-electron chi connectivity index (χ3n) is 4.33. The first kappa shape index (κ1) is 18.7. The lowest BCUT2D eigenvalue weighted by atomic mass is 9.85. The van der Waals surface area contributed by atoms with Crippen LogP contribution < -0.4 is 15.6 Å². The predicted octanol–water partition coefficient (Wildman–Crippen LogP) is 4.15. The van der Waals surface area contributed by atoms with E-state index in [-0.39, 0.29) is 23.5 Å². The molecule has 2 N–H and O–H groups in total. The maximum absolute atomic E-state index is 12.2. The summed E-state index contributed by atoms with van der Waals surface area (Å²) in [6.45, 7) is 8.11. The number of hydrogen-bond acceptors (Lipinski definition) is 3. The van der Waals surface area contributed by atoms with Crippen LogP contribution in [0.4, 0.5) is 5.69 Å². The molecule has 27 heavy (non-hydrogen) atoms. The molecule has 1 heterocycles. The van der Waals surface area contributed by atoms with Gasteiger partial charge in [0.05, 0.1) is 5.52 Å². The largest absolute Gasteiger partial charge is 0.484 e. The Balaban J connectivity index is 1.76. The number of carbonyl (C=O) groups excluding carboxylic acids is 1. The average molecular weight is 364 g/mol. The number of H-pyrrole nitrogens is 1. The van der Waals surface area contributed by atoms with Crippen molar-refractivity contribution in [2.24, 2.45) is 0 Å². The number of aromatic nitrogens is 1. The van der Waals surface area contributed by atoms with E-state index in [1.54, 1.807) is 12.1 Å². The van der Waals surface area contributed by atoms with E-state index in [9.17, 15) is 9.59 Å². The Morgan fingerprint density at radius 1 is 1.07 bits per heavy atom. The van der Waals surface area contributed by atoms with Crippen molar-refractivity contribution in [3.05, 3.63) is 70.0 Å². The van der Waals surface area contributed by atoms with E-state index in [1.165, 1.54) is 0 Å². The number of pyridine rings is 1. The molecule has 0 unspecified atom stereocenters. The summed E-state index contributed by atoms with van der Waals surface area (Å²) in [6, 6.07) is 14.7. The van der Waals surface area contributed by atoms with Crippen molar-refractivity contribution in [3.8, 4) is 5.75 Å².